The first kappa shape index (κ1) is 13.3. The summed E-state index contributed by atoms with van der Waals surface area (Å²) in [6.07, 6.45) is 5.00. The van der Waals surface area contributed by atoms with Crippen molar-refractivity contribution in [3.8, 4) is 0 Å². The Morgan fingerprint density at radius 1 is 1.25 bits per heavy atom. The van der Waals surface area contributed by atoms with Gasteiger partial charge in [-0.05, 0) is 64.3 Å². The molecule has 4 N–H and O–H groups in total. The van der Waals surface area contributed by atoms with Gasteiger partial charge in [0.1, 0.15) is 5.60 Å². The third kappa shape index (κ3) is 4.39. The van der Waals surface area contributed by atoms with Crippen LogP contribution in [0.2, 0.25) is 0 Å². The van der Waals surface area contributed by atoms with Gasteiger partial charge in [-0.1, -0.05) is 0 Å². The number of amides is 1. The molecule has 1 aliphatic rings. The molecule has 94 valence electrons. The molecular weight excluding hydrogens is 204 g/mol. The zero-order chi connectivity index (χ0) is 12.2. The SMILES string of the molecule is CC(C)(C[C@H]1CC[C@@H](CN)CC1)OC(N)=O. The normalized spacial score (nSPS) is 26.4. The van der Waals surface area contributed by atoms with Crippen molar-refractivity contribution in [3.05, 3.63) is 0 Å². The molecule has 4 heteroatoms. The van der Waals surface area contributed by atoms with Crippen molar-refractivity contribution in [3.63, 3.8) is 0 Å². The van der Waals surface area contributed by atoms with E-state index >= 15 is 0 Å². The fourth-order valence-electron chi connectivity index (χ4n) is 2.68. The number of hydrogen-bond donors (Lipinski definition) is 2. The monoisotopic (exact) mass is 228 g/mol. The smallest absolute Gasteiger partial charge is 0.405 e. The molecule has 0 saturated heterocycles. The minimum absolute atomic E-state index is 0.438. The van der Waals surface area contributed by atoms with Gasteiger partial charge in [0.15, 0.2) is 0 Å². The molecule has 0 radical (unpaired) electrons. The molecule has 0 atom stereocenters. The zero-order valence-corrected chi connectivity index (χ0v) is 10.4. The van der Waals surface area contributed by atoms with Crippen LogP contribution in [0.3, 0.4) is 0 Å². The summed E-state index contributed by atoms with van der Waals surface area (Å²) in [4.78, 5) is 10.7. The van der Waals surface area contributed by atoms with Crippen LogP contribution in [0.1, 0.15) is 46.0 Å². The van der Waals surface area contributed by atoms with E-state index in [1.807, 2.05) is 13.8 Å². The maximum absolute atomic E-state index is 10.7. The highest BCUT2D eigenvalue weighted by Crippen LogP contribution is 2.34. The molecule has 0 aromatic heterocycles. The summed E-state index contributed by atoms with van der Waals surface area (Å²) in [6.45, 7) is 4.65. The summed E-state index contributed by atoms with van der Waals surface area (Å²) in [5, 5.41) is 0. The Morgan fingerprint density at radius 3 is 2.19 bits per heavy atom. The lowest BCUT2D eigenvalue weighted by molar-refractivity contribution is 0.0200. The van der Waals surface area contributed by atoms with E-state index < -0.39 is 11.7 Å². The third-order valence-electron chi connectivity index (χ3n) is 3.46. The zero-order valence-electron chi connectivity index (χ0n) is 10.4. The van der Waals surface area contributed by atoms with Crippen LogP contribution in [0.15, 0.2) is 0 Å². The Morgan fingerprint density at radius 2 is 1.75 bits per heavy atom. The van der Waals surface area contributed by atoms with E-state index in [0.717, 1.165) is 13.0 Å². The Labute approximate surface area is 97.7 Å². The molecule has 16 heavy (non-hydrogen) atoms. The van der Waals surface area contributed by atoms with Gasteiger partial charge in [-0.25, -0.2) is 4.79 Å². The second kappa shape index (κ2) is 5.53. The van der Waals surface area contributed by atoms with E-state index in [0.29, 0.717) is 11.8 Å². The van der Waals surface area contributed by atoms with Crippen LogP contribution in [0.4, 0.5) is 4.79 Å². The second-order valence-electron chi connectivity index (χ2n) is 5.51. The molecule has 0 aromatic rings. The van der Waals surface area contributed by atoms with Crippen LogP contribution < -0.4 is 11.5 Å². The first-order valence-electron chi connectivity index (χ1n) is 6.11. The maximum atomic E-state index is 10.7. The molecule has 0 unspecified atom stereocenters. The predicted octanol–water partition coefficient (Wildman–Crippen LogP) is 2.02. The molecule has 4 nitrogen and oxygen atoms in total. The lowest BCUT2D eigenvalue weighted by Gasteiger charge is -2.33. The molecule has 0 aliphatic heterocycles. The minimum atomic E-state index is -0.680. The Hall–Kier alpha value is -0.770. The summed E-state index contributed by atoms with van der Waals surface area (Å²) < 4.78 is 5.11. The Bertz CT molecular complexity index is 233. The highest BCUT2D eigenvalue weighted by molar-refractivity contribution is 5.65. The van der Waals surface area contributed by atoms with Gasteiger partial charge in [0.25, 0.3) is 0 Å². The van der Waals surface area contributed by atoms with Gasteiger partial charge in [-0.2, -0.15) is 0 Å². The van der Waals surface area contributed by atoms with Crippen LogP contribution >= 0.6 is 0 Å². The van der Waals surface area contributed by atoms with E-state index in [4.69, 9.17) is 16.2 Å². The second-order valence-corrected chi connectivity index (χ2v) is 5.51. The van der Waals surface area contributed by atoms with Crippen molar-refractivity contribution >= 4 is 6.09 Å². The Balaban J connectivity index is 2.35. The van der Waals surface area contributed by atoms with Crippen LogP contribution in [-0.2, 0) is 4.74 Å². The number of hydrogen-bond acceptors (Lipinski definition) is 3. The molecule has 1 fully saturated rings. The largest absolute Gasteiger partial charge is 0.444 e. The number of ether oxygens (including phenoxy) is 1. The summed E-state index contributed by atoms with van der Waals surface area (Å²) >= 11 is 0. The van der Waals surface area contributed by atoms with Crippen molar-refractivity contribution in [2.75, 3.05) is 6.54 Å². The quantitative estimate of drug-likeness (QED) is 0.772. The van der Waals surface area contributed by atoms with Gasteiger partial charge in [-0.15, -0.1) is 0 Å². The molecule has 0 aromatic carbocycles. The lowest BCUT2D eigenvalue weighted by atomic mass is 9.77. The van der Waals surface area contributed by atoms with Gasteiger partial charge in [-0.3, -0.25) is 0 Å². The van der Waals surface area contributed by atoms with Crippen molar-refractivity contribution in [1.29, 1.82) is 0 Å². The number of nitrogens with two attached hydrogens (primary N) is 2. The third-order valence-corrected chi connectivity index (χ3v) is 3.46. The Kier molecular flexibility index (Phi) is 4.59. The van der Waals surface area contributed by atoms with Crippen molar-refractivity contribution < 1.29 is 9.53 Å². The van der Waals surface area contributed by atoms with Gasteiger partial charge >= 0.3 is 6.09 Å². The number of carbonyl (C=O) groups excluding carboxylic acids is 1. The molecule has 1 rings (SSSR count). The fourth-order valence-corrected chi connectivity index (χ4v) is 2.68. The minimum Gasteiger partial charge on any atom is -0.444 e. The topological polar surface area (TPSA) is 78.3 Å². The predicted molar refractivity (Wildman–Crippen MR) is 63.9 cm³/mol. The van der Waals surface area contributed by atoms with Crippen LogP contribution in [0.25, 0.3) is 0 Å². The standard InChI is InChI=1S/C12H24N2O2/c1-12(2,16-11(14)15)7-9-3-5-10(8-13)6-4-9/h9-10H,3-8,13H2,1-2H3,(H2,14,15)/t9-,10+. The number of rotatable bonds is 4. The summed E-state index contributed by atoms with van der Waals surface area (Å²) in [6, 6.07) is 0. The summed E-state index contributed by atoms with van der Waals surface area (Å²) in [7, 11) is 0. The highest BCUT2D eigenvalue weighted by Gasteiger charge is 2.29. The average molecular weight is 228 g/mol. The fraction of sp³-hybridized carbons (Fsp3) is 0.917. The van der Waals surface area contributed by atoms with E-state index in [2.05, 4.69) is 0 Å². The lowest BCUT2D eigenvalue weighted by Crippen LogP contribution is -2.34. The van der Waals surface area contributed by atoms with Gasteiger partial charge in [0.05, 0.1) is 0 Å². The van der Waals surface area contributed by atoms with E-state index in [1.54, 1.807) is 0 Å². The van der Waals surface area contributed by atoms with Gasteiger partial charge in [0, 0.05) is 0 Å². The summed E-state index contributed by atoms with van der Waals surface area (Å²) in [5.74, 6) is 1.33. The highest BCUT2D eigenvalue weighted by atomic mass is 16.6. The van der Waals surface area contributed by atoms with Crippen molar-refractivity contribution in [2.45, 2.75) is 51.6 Å². The van der Waals surface area contributed by atoms with E-state index in [9.17, 15) is 4.79 Å². The molecule has 0 heterocycles. The summed E-state index contributed by atoms with van der Waals surface area (Å²) in [5.41, 5.74) is 10.3. The molecule has 1 amide bonds. The van der Waals surface area contributed by atoms with Crippen molar-refractivity contribution in [1.82, 2.24) is 0 Å². The number of primary amides is 1. The van der Waals surface area contributed by atoms with E-state index in [1.165, 1.54) is 25.7 Å². The first-order valence-corrected chi connectivity index (χ1v) is 6.11. The molecule has 0 bridgehead atoms. The van der Waals surface area contributed by atoms with E-state index in [-0.39, 0.29) is 0 Å². The molecular formula is C12H24N2O2. The van der Waals surface area contributed by atoms with Crippen LogP contribution in [-0.4, -0.2) is 18.2 Å². The first-order chi connectivity index (χ1) is 7.43. The molecule has 0 spiro atoms. The van der Waals surface area contributed by atoms with Crippen molar-refractivity contribution in [2.24, 2.45) is 23.3 Å². The molecule has 1 aliphatic carbocycles. The average Bonchev–Trinajstić information content (AvgIpc) is 2.16. The van der Waals surface area contributed by atoms with Crippen LogP contribution in [0, 0.1) is 11.8 Å². The molecule has 1 saturated carbocycles. The van der Waals surface area contributed by atoms with Gasteiger partial charge < -0.3 is 16.2 Å². The number of carbonyl (C=O) groups is 1. The van der Waals surface area contributed by atoms with Gasteiger partial charge in [0.2, 0.25) is 0 Å². The maximum Gasteiger partial charge on any atom is 0.405 e. The van der Waals surface area contributed by atoms with Crippen LogP contribution in [0.5, 0.6) is 0 Å².